The molecule has 0 bridgehead atoms. The van der Waals surface area contributed by atoms with Crippen molar-refractivity contribution >= 4 is 17.8 Å². The van der Waals surface area contributed by atoms with Crippen molar-refractivity contribution in [3.05, 3.63) is 0 Å². The fourth-order valence-electron chi connectivity index (χ4n) is 1.99. The lowest BCUT2D eigenvalue weighted by molar-refractivity contribution is -0.151. The number of piperidine rings is 1. The number of rotatable bonds is 4. The van der Waals surface area contributed by atoms with E-state index in [0.29, 0.717) is 6.42 Å². The molecule has 102 valence electrons. The zero-order valence-electron chi connectivity index (χ0n) is 11.0. The van der Waals surface area contributed by atoms with Crippen LogP contribution < -0.4 is 5.32 Å². The van der Waals surface area contributed by atoms with Crippen molar-refractivity contribution in [1.29, 1.82) is 0 Å². The largest absolute Gasteiger partial charge is 0.481 e. The Labute approximate surface area is 106 Å². The van der Waals surface area contributed by atoms with E-state index in [1.54, 1.807) is 6.92 Å². The third-order valence-electron chi connectivity index (χ3n) is 3.07. The number of nitrogens with zero attached hydrogens (tertiary/aromatic N) is 1. The molecule has 0 aromatic rings. The molecule has 0 aliphatic carbocycles. The molecule has 6 heteroatoms. The summed E-state index contributed by atoms with van der Waals surface area (Å²) in [5.41, 5.74) is 0. The predicted molar refractivity (Wildman–Crippen MR) is 64.8 cm³/mol. The molecule has 2 amide bonds. The molecule has 2 atom stereocenters. The van der Waals surface area contributed by atoms with Crippen LogP contribution in [0.4, 0.5) is 0 Å². The highest BCUT2D eigenvalue weighted by molar-refractivity contribution is 5.88. The predicted octanol–water partition coefficient (Wildman–Crippen LogP) is 0.223. The van der Waals surface area contributed by atoms with E-state index in [9.17, 15) is 14.4 Å². The van der Waals surface area contributed by atoms with Gasteiger partial charge in [-0.15, -0.1) is 0 Å². The lowest BCUT2D eigenvalue weighted by Gasteiger charge is -2.34. The average Bonchev–Trinajstić information content (AvgIpc) is 2.27. The summed E-state index contributed by atoms with van der Waals surface area (Å²) in [6.07, 6.45) is 0.541. The first-order valence-corrected chi connectivity index (χ1v) is 6.15. The number of hydrogen-bond acceptors (Lipinski definition) is 3. The average molecular weight is 256 g/mol. The number of carboxylic acids is 1. The number of aliphatic carboxylic acids is 1. The van der Waals surface area contributed by atoms with Crippen LogP contribution in [0, 0.1) is 5.92 Å². The van der Waals surface area contributed by atoms with Crippen LogP contribution in [-0.4, -0.2) is 46.4 Å². The summed E-state index contributed by atoms with van der Waals surface area (Å²) in [7, 11) is 0. The third-order valence-corrected chi connectivity index (χ3v) is 3.07. The van der Waals surface area contributed by atoms with E-state index < -0.39 is 17.9 Å². The van der Waals surface area contributed by atoms with Crippen LogP contribution in [0.15, 0.2) is 0 Å². The first kappa shape index (κ1) is 14.5. The Hall–Kier alpha value is -1.59. The van der Waals surface area contributed by atoms with Crippen LogP contribution in [0.3, 0.4) is 0 Å². The van der Waals surface area contributed by atoms with Crippen LogP contribution in [0.2, 0.25) is 0 Å². The highest BCUT2D eigenvalue weighted by atomic mass is 16.4. The van der Waals surface area contributed by atoms with Gasteiger partial charge in [0.05, 0.1) is 5.92 Å². The summed E-state index contributed by atoms with van der Waals surface area (Å²) in [6, 6.07) is -0.628. The molecule has 0 aromatic heterocycles. The van der Waals surface area contributed by atoms with Crippen molar-refractivity contribution in [2.24, 2.45) is 5.92 Å². The molecular weight excluding hydrogens is 236 g/mol. The smallest absolute Gasteiger partial charge is 0.308 e. The summed E-state index contributed by atoms with van der Waals surface area (Å²) in [4.78, 5) is 35.9. The summed E-state index contributed by atoms with van der Waals surface area (Å²) >= 11 is 0. The maximum atomic E-state index is 11.8. The maximum Gasteiger partial charge on any atom is 0.308 e. The van der Waals surface area contributed by atoms with Gasteiger partial charge in [0.15, 0.2) is 0 Å². The lowest BCUT2D eigenvalue weighted by Crippen LogP contribution is -2.53. The van der Waals surface area contributed by atoms with Crippen molar-refractivity contribution in [3.8, 4) is 0 Å². The fraction of sp³-hybridized carbons (Fsp3) is 0.750. The molecule has 1 saturated heterocycles. The molecule has 6 nitrogen and oxygen atoms in total. The topological polar surface area (TPSA) is 86.7 Å². The number of nitrogens with one attached hydrogen (secondary N) is 1. The van der Waals surface area contributed by atoms with E-state index in [2.05, 4.69) is 5.32 Å². The van der Waals surface area contributed by atoms with Crippen LogP contribution in [-0.2, 0) is 14.4 Å². The number of carboxylic acid groups (broad SMARTS) is 1. The van der Waals surface area contributed by atoms with E-state index >= 15 is 0 Å². The number of hydrogen-bond donors (Lipinski definition) is 2. The molecule has 2 N–H and O–H groups in total. The SMILES string of the molecule is CC(C)NC(=O)C(C)N1CC(C(=O)O)CCC1=O. The molecule has 0 aromatic carbocycles. The van der Waals surface area contributed by atoms with E-state index in [1.807, 2.05) is 13.8 Å². The van der Waals surface area contributed by atoms with Crippen LogP contribution in [0.1, 0.15) is 33.6 Å². The Bertz CT molecular complexity index is 354. The quantitative estimate of drug-likeness (QED) is 0.753. The van der Waals surface area contributed by atoms with E-state index in [4.69, 9.17) is 5.11 Å². The molecule has 1 aliphatic heterocycles. The van der Waals surface area contributed by atoms with Gasteiger partial charge < -0.3 is 15.3 Å². The molecule has 0 radical (unpaired) electrons. The molecule has 1 fully saturated rings. The molecule has 0 saturated carbocycles. The summed E-state index contributed by atoms with van der Waals surface area (Å²) in [5.74, 6) is -1.88. The third kappa shape index (κ3) is 3.45. The van der Waals surface area contributed by atoms with Gasteiger partial charge >= 0.3 is 5.97 Å². The number of carbonyl (C=O) groups excluding carboxylic acids is 2. The second-order valence-electron chi connectivity index (χ2n) is 4.96. The van der Waals surface area contributed by atoms with Gasteiger partial charge in [-0.3, -0.25) is 14.4 Å². The standard InChI is InChI=1S/C12H20N2O4/c1-7(2)13-11(16)8(3)14-6-9(12(17)18)4-5-10(14)15/h7-9H,4-6H2,1-3H3,(H,13,16)(H,17,18). The Morgan fingerprint density at radius 2 is 2.00 bits per heavy atom. The van der Waals surface area contributed by atoms with Gasteiger partial charge in [0, 0.05) is 19.0 Å². The zero-order valence-corrected chi connectivity index (χ0v) is 11.0. The van der Waals surface area contributed by atoms with Crippen molar-refractivity contribution < 1.29 is 19.5 Å². The van der Waals surface area contributed by atoms with Crippen LogP contribution in [0.5, 0.6) is 0 Å². The molecule has 0 spiro atoms. The molecule has 18 heavy (non-hydrogen) atoms. The first-order chi connectivity index (χ1) is 8.32. The van der Waals surface area contributed by atoms with Gasteiger partial charge in [0.1, 0.15) is 6.04 Å². The van der Waals surface area contributed by atoms with E-state index in [-0.39, 0.29) is 30.8 Å². The Morgan fingerprint density at radius 1 is 1.39 bits per heavy atom. The van der Waals surface area contributed by atoms with Gasteiger partial charge in [-0.1, -0.05) is 0 Å². The van der Waals surface area contributed by atoms with Crippen molar-refractivity contribution in [1.82, 2.24) is 10.2 Å². The Kier molecular flexibility index (Phi) is 4.69. The van der Waals surface area contributed by atoms with Gasteiger partial charge in [0.25, 0.3) is 0 Å². The maximum absolute atomic E-state index is 11.8. The monoisotopic (exact) mass is 256 g/mol. The Balaban J connectivity index is 2.70. The van der Waals surface area contributed by atoms with Crippen molar-refractivity contribution in [2.75, 3.05) is 6.54 Å². The fourth-order valence-corrected chi connectivity index (χ4v) is 1.99. The molecule has 1 aliphatic rings. The van der Waals surface area contributed by atoms with E-state index in [1.165, 1.54) is 4.90 Å². The summed E-state index contributed by atoms with van der Waals surface area (Å²) in [6.45, 7) is 5.41. The number of likely N-dealkylation sites (tertiary alicyclic amines) is 1. The van der Waals surface area contributed by atoms with Crippen LogP contribution >= 0.6 is 0 Å². The second-order valence-corrected chi connectivity index (χ2v) is 4.96. The minimum absolute atomic E-state index is 0.00452. The van der Waals surface area contributed by atoms with Gasteiger partial charge in [-0.05, 0) is 27.2 Å². The number of carbonyl (C=O) groups is 3. The molecule has 2 unspecified atom stereocenters. The van der Waals surface area contributed by atoms with Gasteiger partial charge in [-0.25, -0.2) is 0 Å². The molecule has 1 rings (SSSR count). The zero-order chi connectivity index (χ0) is 13.9. The minimum Gasteiger partial charge on any atom is -0.481 e. The van der Waals surface area contributed by atoms with Gasteiger partial charge in [0.2, 0.25) is 11.8 Å². The first-order valence-electron chi connectivity index (χ1n) is 6.15. The molecule has 1 heterocycles. The highest BCUT2D eigenvalue weighted by Crippen LogP contribution is 2.20. The minimum atomic E-state index is -0.913. The van der Waals surface area contributed by atoms with Crippen molar-refractivity contribution in [3.63, 3.8) is 0 Å². The highest BCUT2D eigenvalue weighted by Gasteiger charge is 2.34. The van der Waals surface area contributed by atoms with E-state index in [0.717, 1.165) is 0 Å². The number of amides is 2. The normalized spacial score (nSPS) is 21.9. The lowest BCUT2D eigenvalue weighted by atomic mass is 9.96. The van der Waals surface area contributed by atoms with Crippen LogP contribution in [0.25, 0.3) is 0 Å². The van der Waals surface area contributed by atoms with Gasteiger partial charge in [-0.2, -0.15) is 0 Å². The summed E-state index contributed by atoms with van der Waals surface area (Å²) < 4.78 is 0. The molecular formula is C12H20N2O4. The summed E-state index contributed by atoms with van der Waals surface area (Å²) in [5, 5.41) is 11.7. The second kappa shape index (κ2) is 5.84. The Morgan fingerprint density at radius 3 is 2.50 bits per heavy atom. The van der Waals surface area contributed by atoms with Crippen molar-refractivity contribution in [2.45, 2.75) is 45.7 Å².